The van der Waals surface area contributed by atoms with Crippen molar-refractivity contribution in [2.24, 2.45) is 17.8 Å². The molecule has 96 valence electrons. The summed E-state index contributed by atoms with van der Waals surface area (Å²) in [6.45, 7) is 6.81. The zero-order chi connectivity index (χ0) is 11.6. The molecule has 3 heterocycles. The molecule has 3 saturated heterocycles. The van der Waals surface area contributed by atoms with Crippen LogP contribution in [0.5, 0.6) is 0 Å². The van der Waals surface area contributed by atoms with Crippen molar-refractivity contribution in [2.45, 2.75) is 24.9 Å². The van der Waals surface area contributed by atoms with Crippen molar-refractivity contribution in [1.29, 1.82) is 0 Å². The lowest BCUT2D eigenvalue weighted by molar-refractivity contribution is 0.0735. The van der Waals surface area contributed by atoms with Crippen molar-refractivity contribution >= 4 is 0 Å². The molecule has 0 radical (unpaired) electrons. The molecule has 3 heteroatoms. The lowest BCUT2D eigenvalue weighted by atomic mass is 10.1. The van der Waals surface area contributed by atoms with Crippen molar-refractivity contribution in [3.05, 3.63) is 0 Å². The third kappa shape index (κ3) is 1.66. The standard InChI is InChI=1S/C14H25N3/c1-15-5-10-3-4-11(6-15)17(10)9-14-12-7-16(2)8-13(12)14/h10-14H,3-9H2,1-2H3. The lowest BCUT2D eigenvalue weighted by Crippen LogP contribution is -2.53. The van der Waals surface area contributed by atoms with Crippen molar-refractivity contribution in [3.8, 4) is 0 Å². The summed E-state index contributed by atoms with van der Waals surface area (Å²) < 4.78 is 0. The molecule has 0 aromatic carbocycles. The van der Waals surface area contributed by atoms with Crippen LogP contribution in [0.2, 0.25) is 0 Å². The summed E-state index contributed by atoms with van der Waals surface area (Å²) in [5, 5.41) is 0. The molecule has 3 nitrogen and oxygen atoms in total. The first-order valence-corrected chi connectivity index (χ1v) is 7.35. The molecular weight excluding hydrogens is 210 g/mol. The highest BCUT2D eigenvalue weighted by Gasteiger charge is 2.56. The van der Waals surface area contributed by atoms with Gasteiger partial charge in [-0.15, -0.1) is 0 Å². The molecule has 17 heavy (non-hydrogen) atoms. The van der Waals surface area contributed by atoms with Gasteiger partial charge in [-0.3, -0.25) is 4.90 Å². The molecule has 4 aliphatic rings. The highest BCUT2D eigenvalue weighted by atomic mass is 15.3. The number of piperidine rings is 1. The second kappa shape index (κ2) is 3.69. The zero-order valence-electron chi connectivity index (χ0n) is 11.2. The molecule has 0 aromatic heterocycles. The zero-order valence-corrected chi connectivity index (χ0v) is 11.2. The van der Waals surface area contributed by atoms with Crippen LogP contribution in [0, 0.1) is 17.8 Å². The van der Waals surface area contributed by atoms with Gasteiger partial charge in [0, 0.05) is 44.8 Å². The molecule has 0 N–H and O–H groups in total. The molecule has 0 aromatic rings. The number of nitrogens with zero attached hydrogens (tertiary/aromatic N) is 3. The van der Waals surface area contributed by atoms with E-state index in [1.54, 1.807) is 0 Å². The van der Waals surface area contributed by atoms with Gasteiger partial charge in [0.2, 0.25) is 0 Å². The molecule has 4 rings (SSSR count). The fraction of sp³-hybridized carbons (Fsp3) is 1.00. The number of likely N-dealkylation sites (N-methyl/N-ethyl adjacent to an activating group) is 1. The summed E-state index contributed by atoms with van der Waals surface area (Å²) in [7, 11) is 4.58. The number of piperazine rings is 1. The minimum atomic E-state index is 0.887. The van der Waals surface area contributed by atoms with Crippen LogP contribution < -0.4 is 0 Å². The highest BCUT2D eigenvalue weighted by molar-refractivity contribution is 5.07. The van der Waals surface area contributed by atoms with Gasteiger partial charge in [-0.25, -0.2) is 0 Å². The Bertz CT molecular complexity index is 293. The van der Waals surface area contributed by atoms with Crippen LogP contribution in [-0.4, -0.2) is 73.6 Å². The predicted octanol–water partition coefficient (Wildman–Crippen LogP) is 0.572. The number of likely N-dealkylation sites (tertiary alicyclic amines) is 2. The minimum Gasteiger partial charge on any atom is -0.306 e. The summed E-state index contributed by atoms with van der Waals surface area (Å²) in [6.07, 6.45) is 2.91. The van der Waals surface area contributed by atoms with Crippen molar-refractivity contribution < 1.29 is 0 Å². The van der Waals surface area contributed by atoms with Crippen LogP contribution >= 0.6 is 0 Å². The van der Waals surface area contributed by atoms with Crippen LogP contribution in [0.1, 0.15) is 12.8 Å². The third-order valence-electron chi connectivity index (χ3n) is 5.79. The van der Waals surface area contributed by atoms with E-state index in [-0.39, 0.29) is 0 Å². The number of hydrogen-bond acceptors (Lipinski definition) is 3. The first kappa shape index (κ1) is 10.8. The third-order valence-corrected chi connectivity index (χ3v) is 5.79. The summed E-state index contributed by atoms with van der Waals surface area (Å²) in [5.41, 5.74) is 0. The second-order valence-corrected chi connectivity index (χ2v) is 7.02. The van der Waals surface area contributed by atoms with Crippen LogP contribution in [0.3, 0.4) is 0 Å². The van der Waals surface area contributed by atoms with E-state index in [1.165, 1.54) is 45.6 Å². The van der Waals surface area contributed by atoms with Gasteiger partial charge in [0.1, 0.15) is 0 Å². The van der Waals surface area contributed by atoms with Gasteiger partial charge in [0.15, 0.2) is 0 Å². The van der Waals surface area contributed by atoms with E-state index in [9.17, 15) is 0 Å². The summed E-state index contributed by atoms with van der Waals surface area (Å²) in [4.78, 5) is 7.94. The normalized spacial score (nSPS) is 50.8. The Hall–Kier alpha value is -0.120. The van der Waals surface area contributed by atoms with Crippen molar-refractivity contribution in [2.75, 3.05) is 46.8 Å². The van der Waals surface area contributed by atoms with Crippen LogP contribution in [0.25, 0.3) is 0 Å². The fourth-order valence-corrected chi connectivity index (χ4v) is 4.87. The van der Waals surface area contributed by atoms with E-state index in [4.69, 9.17) is 0 Å². The van der Waals surface area contributed by atoms with Crippen molar-refractivity contribution in [3.63, 3.8) is 0 Å². The highest BCUT2D eigenvalue weighted by Crippen LogP contribution is 2.52. The number of rotatable bonds is 2. The Morgan fingerprint density at radius 2 is 1.35 bits per heavy atom. The maximum absolute atomic E-state index is 2.88. The monoisotopic (exact) mass is 235 g/mol. The molecule has 1 saturated carbocycles. The van der Waals surface area contributed by atoms with E-state index in [0.717, 1.165) is 29.8 Å². The summed E-state index contributed by atoms with van der Waals surface area (Å²) in [5.74, 6) is 3.16. The number of fused-ring (bicyclic) bond motifs is 3. The van der Waals surface area contributed by atoms with E-state index < -0.39 is 0 Å². The van der Waals surface area contributed by atoms with Gasteiger partial charge in [0.05, 0.1) is 0 Å². The molecule has 3 aliphatic heterocycles. The quantitative estimate of drug-likeness (QED) is 0.693. The molecule has 4 fully saturated rings. The molecule has 2 bridgehead atoms. The van der Waals surface area contributed by atoms with Crippen LogP contribution in [0.4, 0.5) is 0 Å². The molecular formula is C14H25N3. The second-order valence-electron chi connectivity index (χ2n) is 7.02. The van der Waals surface area contributed by atoms with Gasteiger partial charge in [-0.1, -0.05) is 0 Å². The SMILES string of the molecule is CN1CC2C(C1)C2CN1C2CCC1CN(C)C2. The Morgan fingerprint density at radius 1 is 0.824 bits per heavy atom. The molecule has 1 aliphatic carbocycles. The topological polar surface area (TPSA) is 9.72 Å². The summed E-state index contributed by atoms with van der Waals surface area (Å²) in [6, 6.07) is 1.77. The Kier molecular flexibility index (Phi) is 2.34. The van der Waals surface area contributed by atoms with E-state index in [2.05, 4.69) is 28.8 Å². The molecule has 0 amide bonds. The van der Waals surface area contributed by atoms with Gasteiger partial charge >= 0.3 is 0 Å². The lowest BCUT2D eigenvalue weighted by Gasteiger charge is -2.40. The minimum absolute atomic E-state index is 0.887. The fourth-order valence-electron chi connectivity index (χ4n) is 4.87. The first-order valence-electron chi connectivity index (χ1n) is 7.35. The molecule has 0 spiro atoms. The van der Waals surface area contributed by atoms with Gasteiger partial charge in [-0.05, 0) is 44.7 Å². The number of hydrogen-bond donors (Lipinski definition) is 0. The predicted molar refractivity (Wildman–Crippen MR) is 69.0 cm³/mol. The van der Waals surface area contributed by atoms with Gasteiger partial charge in [0.25, 0.3) is 0 Å². The van der Waals surface area contributed by atoms with Crippen LogP contribution in [-0.2, 0) is 0 Å². The van der Waals surface area contributed by atoms with Gasteiger partial charge in [-0.2, -0.15) is 0 Å². The first-order chi connectivity index (χ1) is 8.22. The van der Waals surface area contributed by atoms with E-state index in [1.807, 2.05) is 0 Å². The van der Waals surface area contributed by atoms with Crippen molar-refractivity contribution in [1.82, 2.24) is 14.7 Å². The Labute approximate surface area is 105 Å². The smallest absolute Gasteiger partial charge is 0.0227 e. The molecule has 4 unspecified atom stereocenters. The maximum Gasteiger partial charge on any atom is 0.0227 e. The average Bonchev–Trinajstić information content (AvgIpc) is 2.61. The van der Waals surface area contributed by atoms with Gasteiger partial charge < -0.3 is 9.80 Å². The van der Waals surface area contributed by atoms with Crippen LogP contribution in [0.15, 0.2) is 0 Å². The Balaban J connectivity index is 1.39. The van der Waals surface area contributed by atoms with E-state index in [0.29, 0.717) is 0 Å². The Morgan fingerprint density at radius 3 is 1.94 bits per heavy atom. The molecule has 4 atom stereocenters. The average molecular weight is 235 g/mol. The maximum atomic E-state index is 2.88. The van der Waals surface area contributed by atoms with E-state index >= 15 is 0 Å². The summed E-state index contributed by atoms with van der Waals surface area (Å²) >= 11 is 0. The largest absolute Gasteiger partial charge is 0.306 e.